The molecule has 0 radical (unpaired) electrons. The van der Waals surface area contributed by atoms with Crippen LogP contribution in [0.15, 0.2) is 76.2 Å². The molecule has 0 unspecified atom stereocenters. The van der Waals surface area contributed by atoms with Gasteiger partial charge in [-0.15, -0.1) is 0 Å². The zero-order chi connectivity index (χ0) is 81.1. The van der Waals surface area contributed by atoms with E-state index in [-0.39, 0.29) is 77.9 Å². The molecule has 4 amide bonds. The van der Waals surface area contributed by atoms with Crippen LogP contribution in [0, 0.1) is 44.8 Å². The summed E-state index contributed by atoms with van der Waals surface area (Å²) in [5.41, 5.74) is 2.65. The maximum atomic E-state index is 12.4. The Labute approximate surface area is 645 Å². The van der Waals surface area contributed by atoms with Gasteiger partial charge < -0.3 is 61.6 Å². The van der Waals surface area contributed by atoms with Crippen LogP contribution >= 0.6 is 0 Å². The van der Waals surface area contributed by atoms with Crippen molar-refractivity contribution in [3.8, 4) is 0 Å². The van der Waals surface area contributed by atoms with Crippen molar-refractivity contribution in [2.75, 3.05) is 65.6 Å². The Morgan fingerprint density at radius 2 is 0.991 bits per heavy atom. The lowest BCUT2D eigenvalue weighted by Gasteiger charge is -2.46. The first-order chi connectivity index (χ1) is 47.4. The summed E-state index contributed by atoms with van der Waals surface area (Å²) in [6.07, 6.45) is 10.7. The standard InChI is InChI=1S/C15H24O.C13H25NO3.C12H23NO2.C10H19NO.C9H16F2.C9H17NO2.2C9H14O2.CH4/c1-14(2,3)12-15(4,5)16-11-13-9-7-6-8-10-13;1-12(2,3)16-9-10-7-14(8-10)11(15)17-13(4,5)6;1-11(2,3)9-7-13(8-9)10(14)15-12(4,5)6;1-10(2,3)6-8-11-7-4-5-9(11)12;1-8(2,3)4-7-5-9(10,11)6-7;1-9(2,3)4-5-10-6-7-12-8(10)11;1-9(2,3)11-7-8-4-5-10-6-8;1-9(2,3)11-7-8-5-4-6-10-8;/h6-10H,11-12H2,1-5H3;10H,7-9H2,1-6H3;9H,7-8H2,1-6H3;4-8H2,1-3H3;7H,4-6H2,1-3H3;4-7H2,1-3H3;2*4-6H,7H2,1-3H3;1H4. The van der Waals surface area contributed by atoms with Crippen LogP contribution in [0.2, 0.25) is 0 Å². The Bertz CT molecular complexity index is 2770. The predicted molar refractivity (Wildman–Crippen MR) is 429 cm³/mol. The van der Waals surface area contributed by atoms with Crippen LogP contribution in [-0.4, -0.2) is 149 Å². The molecule has 106 heavy (non-hydrogen) atoms. The van der Waals surface area contributed by atoms with Gasteiger partial charge in [-0.3, -0.25) is 4.79 Å². The number of ether oxygens (including phenoxy) is 7. The molecule has 4 saturated heterocycles. The van der Waals surface area contributed by atoms with Crippen molar-refractivity contribution in [3.05, 3.63) is 84.2 Å². The molecule has 0 spiro atoms. The van der Waals surface area contributed by atoms with Crippen molar-refractivity contribution in [1.82, 2.24) is 19.6 Å². The van der Waals surface area contributed by atoms with Crippen molar-refractivity contribution in [3.63, 3.8) is 0 Å². The van der Waals surface area contributed by atoms with E-state index in [1.54, 1.807) is 33.5 Å². The molecule has 8 rings (SSSR count). The van der Waals surface area contributed by atoms with Crippen molar-refractivity contribution in [2.45, 2.75) is 340 Å². The molecule has 2 aromatic heterocycles. The lowest BCUT2D eigenvalue weighted by molar-refractivity contribution is -0.128. The first-order valence-corrected chi connectivity index (χ1v) is 38.5. The molecule has 17 nitrogen and oxygen atoms in total. The molecular formula is C87H156F2N4O13. The Kier molecular flexibility index (Phi) is 41.2. The number of nitrogens with zero attached hydrogens (tertiary/aromatic N) is 4. The minimum atomic E-state index is -2.34. The van der Waals surface area contributed by atoms with Gasteiger partial charge in [0, 0.05) is 76.6 Å². The smallest absolute Gasteiger partial charge is 0.410 e. The highest BCUT2D eigenvalue weighted by Gasteiger charge is 2.46. The zero-order valence-electron chi connectivity index (χ0n) is 72.3. The third-order valence-electron chi connectivity index (χ3n) is 16.4. The van der Waals surface area contributed by atoms with Gasteiger partial charge in [-0.1, -0.05) is 142 Å². The van der Waals surface area contributed by atoms with E-state index < -0.39 is 11.5 Å². The number of carbonyl (C=O) groups is 4. The minimum Gasteiger partial charge on any atom is -0.472 e. The Morgan fingerprint density at radius 3 is 1.37 bits per heavy atom. The normalized spacial score (nSPS) is 16.7. The third-order valence-corrected chi connectivity index (χ3v) is 16.4. The van der Waals surface area contributed by atoms with Gasteiger partial charge in [0.05, 0.1) is 67.6 Å². The first kappa shape index (κ1) is 101. The van der Waals surface area contributed by atoms with Gasteiger partial charge in [-0.2, -0.15) is 0 Å². The molecule has 6 heterocycles. The number of alkyl halides is 2. The van der Waals surface area contributed by atoms with Crippen molar-refractivity contribution in [1.29, 1.82) is 0 Å². The van der Waals surface area contributed by atoms with Crippen molar-refractivity contribution < 1.29 is 70.0 Å². The van der Waals surface area contributed by atoms with E-state index in [2.05, 4.69) is 142 Å². The van der Waals surface area contributed by atoms with Crippen LogP contribution in [0.25, 0.3) is 0 Å². The Hall–Kier alpha value is -5.24. The number of cyclic esters (lactones) is 1. The van der Waals surface area contributed by atoms with E-state index in [1.165, 1.54) is 5.56 Å². The van der Waals surface area contributed by atoms with Gasteiger partial charge in [0.25, 0.3) is 0 Å². The molecule has 4 aliphatic heterocycles. The fourth-order valence-corrected chi connectivity index (χ4v) is 10.9. The summed E-state index contributed by atoms with van der Waals surface area (Å²) in [6.45, 7) is 76.6. The summed E-state index contributed by atoms with van der Waals surface area (Å²) in [5.74, 6) is 0.201. The molecule has 5 aliphatic rings. The van der Waals surface area contributed by atoms with E-state index in [9.17, 15) is 28.0 Å². The fraction of sp³-hybridized carbons (Fsp3) is 0.793. The largest absolute Gasteiger partial charge is 0.472 e. The maximum absolute atomic E-state index is 12.4. The van der Waals surface area contributed by atoms with Gasteiger partial charge >= 0.3 is 18.3 Å². The molecule has 3 aromatic rings. The highest BCUT2D eigenvalue weighted by atomic mass is 19.3. The van der Waals surface area contributed by atoms with E-state index in [4.69, 9.17) is 42.0 Å². The topological polar surface area (TPSA) is 172 Å². The van der Waals surface area contributed by atoms with Gasteiger partial charge in [0.15, 0.2) is 0 Å². The average Bonchev–Trinajstić information content (AvgIpc) is 1.55. The number of furan rings is 2. The predicted octanol–water partition coefficient (Wildman–Crippen LogP) is 23.2. The number of halogens is 2. The monoisotopic (exact) mass is 1500 g/mol. The molecule has 1 saturated carbocycles. The summed E-state index contributed by atoms with van der Waals surface area (Å²) in [7, 11) is 0. The van der Waals surface area contributed by atoms with Crippen LogP contribution in [-0.2, 0) is 57.8 Å². The van der Waals surface area contributed by atoms with Crippen LogP contribution in [0.4, 0.5) is 23.2 Å². The van der Waals surface area contributed by atoms with E-state index in [0.29, 0.717) is 72.4 Å². The lowest BCUT2D eigenvalue weighted by Crippen LogP contribution is -2.55. The summed E-state index contributed by atoms with van der Waals surface area (Å²) in [4.78, 5) is 52.7. The van der Waals surface area contributed by atoms with Crippen molar-refractivity contribution in [2.24, 2.45) is 44.8 Å². The van der Waals surface area contributed by atoms with Gasteiger partial charge in [0.2, 0.25) is 11.8 Å². The van der Waals surface area contributed by atoms with Crippen LogP contribution in [0.1, 0.15) is 297 Å². The SMILES string of the molecule is C.CC(C)(C)CC(C)(C)OCc1ccccc1.CC(C)(C)CC1CC(F)(F)C1.CC(C)(C)CCN1CCCC1=O.CC(C)(C)CCN1CCOC1=O.CC(C)(C)OC(=O)N1CC(C(C)(C)C)C1.CC(C)(C)OCC1CN(C(=O)OC(C)(C)C)C1.CC(C)(C)OCc1ccco1.CC(C)(C)OCc1ccoc1. The average molecular weight is 1500 g/mol. The fourth-order valence-electron chi connectivity index (χ4n) is 10.9. The molecule has 5 fully saturated rings. The van der Waals surface area contributed by atoms with E-state index in [1.807, 2.05) is 133 Å². The Balaban J connectivity index is 0.00000119. The second kappa shape index (κ2) is 43.4. The number of amides is 4. The first-order valence-electron chi connectivity index (χ1n) is 38.5. The quantitative estimate of drug-likeness (QED) is 0.132. The second-order valence-corrected chi connectivity index (χ2v) is 40.5. The highest BCUT2D eigenvalue weighted by molar-refractivity contribution is 5.78. The molecule has 616 valence electrons. The molecule has 1 aromatic carbocycles. The number of hydrogen-bond donors (Lipinski definition) is 0. The van der Waals surface area contributed by atoms with Crippen LogP contribution < -0.4 is 0 Å². The second-order valence-electron chi connectivity index (χ2n) is 40.5. The van der Waals surface area contributed by atoms with Crippen LogP contribution in [0.3, 0.4) is 0 Å². The lowest BCUT2D eigenvalue weighted by atomic mass is 9.72. The number of benzene rings is 1. The molecule has 1 aliphatic carbocycles. The summed E-state index contributed by atoms with van der Waals surface area (Å²) >= 11 is 0. The Morgan fingerprint density at radius 1 is 0.509 bits per heavy atom. The molecule has 0 bridgehead atoms. The number of carbonyl (C=O) groups excluding carboxylic acids is 4. The zero-order valence-corrected chi connectivity index (χ0v) is 72.3. The number of rotatable bonds is 15. The van der Waals surface area contributed by atoms with Gasteiger partial charge in [-0.05, 0) is 212 Å². The molecular weight excluding hydrogens is 1350 g/mol. The van der Waals surface area contributed by atoms with Crippen LogP contribution in [0.5, 0.6) is 0 Å². The number of hydrogen-bond acceptors (Lipinski definition) is 13. The summed E-state index contributed by atoms with van der Waals surface area (Å²) in [5, 5.41) is 0. The van der Waals surface area contributed by atoms with Crippen molar-refractivity contribution >= 4 is 24.2 Å². The summed E-state index contributed by atoms with van der Waals surface area (Å²) in [6, 6.07) is 16.0. The minimum absolute atomic E-state index is 0. The molecule has 0 N–H and O–H groups in total. The number of likely N-dealkylation sites (tertiary alicyclic amines) is 3. The molecule has 0 atom stereocenters. The molecule has 19 heteroatoms. The van der Waals surface area contributed by atoms with Gasteiger partial charge in [0.1, 0.15) is 30.2 Å². The van der Waals surface area contributed by atoms with E-state index >= 15 is 0 Å². The third kappa shape index (κ3) is 52.8. The van der Waals surface area contributed by atoms with Gasteiger partial charge in [-0.25, -0.2) is 23.2 Å². The highest BCUT2D eigenvalue weighted by Crippen LogP contribution is 2.47. The summed E-state index contributed by atoms with van der Waals surface area (Å²) < 4.78 is 72.8. The van der Waals surface area contributed by atoms with E-state index in [0.717, 1.165) is 102 Å². The maximum Gasteiger partial charge on any atom is 0.410 e.